The molecule has 1 N–H and O–H groups in total. The summed E-state index contributed by atoms with van der Waals surface area (Å²) in [4.78, 5) is 26.4. The van der Waals surface area contributed by atoms with Crippen molar-refractivity contribution in [3.05, 3.63) is 58.7 Å². The molecule has 2 aromatic rings. The molecule has 4 rings (SSSR count). The number of nitrogens with zero attached hydrogens (tertiary/aromatic N) is 1. The van der Waals surface area contributed by atoms with Gasteiger partial charge in [-0.3, -0.25) is 9.69 Å². The van der Waals surface area contributed by atoms with Gasteiger partial charge in [-0.25, -0.2) is 4.79 Å². The summed E-state index contributed by atoms with van der Waals surface area (Å²) in [5.74, 6) is -0.440. The molecule has 0 bridgehead atoms. The van der Waals surface area contributed by atoms with E-state index in [2.05, 4.69) is 6.92 Å². The van der Waals surface area contributed by atoms with E-state index in [1.165, 1.54) is 6.07 Å². The number of methoxy groups -OCH3 is 1. The molecule has 0 saturated heterocycles. The van der Waals surface area contributed by atoms with E-state index in [9.17, 15) is 14.7 Å². The summed E-state index contributed by atoms with van der Waals surface area (Å²) in [6, 6.07) is 10.7. The number of rotatable bonds is 2. The zero-order valence-electron chi connectivity index (χ0n) is 13.4. The Morgan fingerprint density at radius 2 is 1.92 bits per heavy atom. The van der Waals surface area contributed by atoms with Crippen molar-refractivity contribution in [2.24, 2.45) is 0 Å². The average Bonchev–Trinajstić information content (AvgIpc) is 2.87. The van der Waals surface area contributed by atoms with E-state index < -0.39 is 5.97 Å². The minimum Gasteiger partial charge on any atom is -0.495 e. The molecular formula is C19H17NO4. The first-order valence-electron chi connectivity index (χ1n) is 7.91. The van der Waals surface area contributed by atoms with Gasteiger partial charge < -0.3 is 9.84 Å². The van der Waals surface area contributed by atoms with E-state index in [1.54, 1.807) is 18.1 Å². The molecule has 5 heteroatoms. The highest BCUT2D eigenvalue weighted by molar-refractivity contribution is 6.17. The molecule has 2 aromatic carbocycles. The van der Waals surface area contributed by atoms with Gasteiger partial charge in [-0.15, -0.1) is 0 Å². The SMILES string of the molecule is COc1cccc2c1N1C(=O)c3c(C(=O)O)cccc3C1CC2C. The zero-order valence-corrected chi connectivity index (χ0v) is 13.4. The maximum absolute atomic E-state index is 13.1. The molecule has 0 aromatic heterocycles. The number of amides is 1. The molecule has 0 saturated carbocycles. The van der Waals surface area contributed by atoms with Gasteiger partial charge in [-0.2, -0.15) is 0 Å². The minimum atomic E-state index is -1.08. The molecule has 24 heavy (non-hydrogen) atoms. The number of para-hydroxylation sites is 1. The molecule has 0 fully saturated rings. The van der Waals surface area contributed by atoms with Crippen LogP contribution in [0.2, 0.25) is 0 Å². The lowest BCUT2D eigenvalue weighted by Crippen LogP contribution is -2.33. The predicted octanol–water partition coefficient (Wildman–Crippen LogP) is 3.60. The van der Waals surface area contributed by atoms with Crippen LogP contribution in [0.4, 0.5) is 5.69 Å². The standard InChI is InChI=1S/C19H17NO4/c1-10-9-14-12-6-3-7-13(19(22)23)16(12)18(21)20(14)17-11(10)5-4-8-15(17)24-2/h3-8,10,14H,9H2,1-2H3,(H,22,23). The number of carbonyl (C=O) groups is 2. The monoisotopic (exact) mass is 323 g/mol. The maximum atomic E-state index is 13.1. The Morgan fingerprint density at radius 1 is 1.21 bits per heavy atom. The molecular weight excluding hydrogens is 306 g/mol. The summed E-state index contributed by atoms with van der Waals surface area (Å²) in [6.45, 7) is 2.12. The average molecular weight is 323 g/mol. The molecule has 2 heterocycles. The fraction of sp³-hybridized carbons (Fsp3) is 0.263. The van der Waals surface area contributed by atoms with Crippen LogP contribution in [0.3, 0.4) is 0 Å². The van der Waals surface area contributed by atoms with Crippen molar-refractivity contribution in [1.29, 1.82) is 0 Å². The van der Waals surface area contributed by atoms with E-state index in [4.69, 9.17) is 4.74 Å². The number of aromatic carboxylic acids is 1. The van der Waals surface area contributed by atoms with Crippen LogP contribution < -0.4 is 9.64 Å². The van der Waals surface area contributed by atoms with Crippen molar-refractivity contribution in [3.63, 3.8) is 0 Å². The lowest BCUT2D eigenvalue weighted by atomic mass is 9.85. The lowest BCUT2D eigenvalue weighted by molar-refractivity contribution is 0.0692. The minimum absolute atomic E-state index is 0.0657. The Morgan fingerprint density at radius 3 is 2.62 bits per heavy atom. The summed E-state index contributed by atoms with van der Waals surface area (Å²) < 4.78 is 5.48. The molecule has 5 nitrogen and oxygen atoms in total. The van der Waals surface area contributed by atoms with Gasteiger partial charge in [0.2, 0.25) is 0 Å². The highest BCUT2D eigenvalue weighted by Gasteiger charge is 2.45. The molecule has 122 valence electrons. The van der Waals surface area contributed by atoms with Crippen LogP contribution in [-0.2, 0) is 0 Å². The zero-order chi connectivity index (χ0) is 17.0. The van der Waals surface area contributed by atoms with Crippen LogP contribution in [0, 0.1) is 0 Å². The van der Waals surface area contributed by atoms with Crippen molar-refractivity contribution >= 4 is 17.6 Å². The van der Waals surface area contributed by atoms with Gasteiger partial charge in [0.1, 0.15) is 5.75 Å². The third-order valence-corrected chi connectivity index (χ3v) is 5.03. The molecule has 0 radical (unpaired) electrons. The number of hydrogen-bond donors (Lipinski definition) is 1. The molecule has 2 atom stereocenters. The fourth-order valence-corrected chi connectivity index (χ4v) is 3.98. The van der Waals surface area contributed by atoms with Gasteiger partial charge in [0, 0.05) is 0 Å². The van der Waals surface area contributed by atoms with E-state index in [0.29, 0.717) is 11.3 Å². The number of ether oxygens (including phenoxy) is 1. The van der Waals surface area contributed by atoms with Crippen molar-refractivity contribution in [2.45, 2.75) is 25.3 Å². The lowest BCUT2D eigenvalue weighted by Gasteiger charge is -2.36. The van der Waals surface area contributed by atoms with Gasteiger partial charge in [-0.1, -0.05) is 31.2 Å². The quantitative estimate of drug-likeness (QED) is 0.917. The van der Waals surface area contributed by atoms with Gasteiger partial charge in [0.25, 0.3) is 5.91 Å². The second-order valence-corrected chi connectivity index (χ2v) is 6.30. The molecule has 2 aliphatic heterocycles. The Bertz CT molecular complexity index is 874. The molecule has 0 spiro atoms. The topological polar surface area (TPSA) is 66.8 Å². The van der Waals surface area contributed by atoms with E-state index in [0.717, 1.165) is 23.2 Å². The van der Waals surface area contributed by atoms with Gasteiger partial charge in [0.15, 0.2) is 0 Å². The molecule has 2 unspecified atom stereocenters. The second kappa shape index (κ2) is 5.09. The molecule has 2 aliphatic rings. The summed E-state index contributed by atoms with van der Waals surface area (Å²) >= 11 is 0. The van der Waals surface area contributed by atoms with Crippen LogP contribution >= 0.6 is 0 Å². The highest BCUT2D eigenvalue weighted by atomic mass is 16.5. The largest absolute Gasteiger partial charge is 0.495 e. The Labute approximate surface area is 139 Å². The summed E-state index contributed by atoms with van der Waals surface area (Å²) in [5, 5.41) is 9.45. The Hall–Kier alpha value is -2.82. The summed E-state index contributed by atoms with van der Waals surface area (Å²) in [7, 11) is 1.58. The van der Waals surface area contributed by atoms with Crippen molar-refractivity contribution in [2.75, 3.05) is 12.0 Å². The normalized spacial score (nSPS) is 21.1. The summed E-state index contributed by atoms with van der Waals surface area (Å²) in [5.41, 5.74) is 2.99. The van der Waals surface area contributed by atoms with Crippen LogP contribution in [0.25, 0.3) is 0 Å². The van der Waals surface area contributed by atoms with Gasteiger partial charge in [-0.05, 0) is 35.6 Å². The van der Waals surface area contributed by atoms with E-state index in [-0.39, 0.29) is 23.4 Å². The third kappa shape index (κ3) is 1.81. The number of benzene rings is 2. The Kier molecular flexibility index (Phi) is 3.13. The number of fused-ring (bicyclic) bond motifs is 5. The van der Waals surface area contributed by atoms with E-state index >= 15 is 0 Å². The van der Waals surface area contributed by atoms with Crippen LogP contribution in [0.1, 0.15) is 57.1 Å². The first kappa shape index (κ1) is 14.8. The highest BCUT2D eigenvalue weighted by Crippen LogP contribution is 2.53. The molecule has 1 amide bonds. The van der Waals surface area contributed by atoms with Crippen LogP contribution in [0.5, 0.6) is 5.75 Å². The number of anilines is 1. The van der Waals surface area contributed by atoms with Crippen molar-refractivity contribution in [3.8, 4) is 5.75 Å². The molecule has 0 aliphatic carbocycles. The van der Waals surface area contributed by atoms with Crippen molar-refractivity contribution in [1.82, 2.24) is 0 Å². The van der Waals surface area contributed by atoms with Crippen LogP contribution in [0.15, 0.2) is 36.4 Å². The Balaban J connectivity index is 1.97. The first-order valence-corrected chi connectivity index (χ1v) is 7.91. The fourth-order valence-electron chi connectivity index (χ4n) is 3.98. The van der Waals surface area contributed by atoms with Crippen LogP contribution in [-0.4, -0.2) is 24.1 Å². The summed E-state index contributed by atoms with van der Waals surface area (Å²) in [6.07, 6.45) is 0.766. The van der Waals surface area contributed by atoms with E-state index in [1.807, 2.05) is 24.3 Å². The number of carboxylic acid groups (broad SMARTS) is 1. The third-order valence-electron chi connectivity index (χ3n) is 5.03. The van der Waals surface area contributed by atoms with Crippen molar-refractivity contribution < 1.29 is 19.4 Å². The predicted molar refractivity (Wildman–Crippen MR) is 89.0 cm³/mol. The number of carbonyl (C=O) groups excluding carboxylic acids is 1. The maximum Gasteiger partial charge on any atom is 0.336 e. The number of hydrogen-bond acceptors (Lipinski definition) is 3. The van der Waals surface area contributed by atoms with Gasteiger partial charge >= 0.3 is 5.97 Å². The van der Waals surface area contributed by atoms with Gasteiger partial charge in [0.05, 0.1) is 30.0 Å². The smallest absolute Gasteiger partial charge is 0.336 e. The number of carboxylic acids is 1. The first-order chi connectivity index (χ1) is 11.5. The second-order valence-electron chi connectivity index (χ2n) is 6.30.